The third-order valence-electron chi connectivity index (χ3n) is 2.24. The van der Waals surface area contributed by atoms with Crippen molar-refractivity contribution in [2.45, 2.75) is 32.4 Å². The lowest BCUT2D eigenvalue weighted by Gasteiger charge is -2.22. The molecule has 1 heterocycles. The predicted octanol–water partition coefficient (Wildman–Crippen LogP) is 0.787. The number of aliphatic hydroxyl groups is 1. The molecule has 6 heteroatoms. The van der Waals surface area contributed by atoms with Crippen LogP contribution in [-0.2, 0) is 0 Å². The van der Waals surface area contributed by atoms with Gasteiger partial charge >= 0.3 is 0 Å². The number of hydrogen-bond acceptors (Lipinski definition) is 6. The van der Waals surface area contributed by atoms with Crippen LogP contribution in [0, 0.1) is 11.3 Å². The quantitative estimate of drug-likeness (QED) is 0.728. The topological polar surface area (TPSA) is 98.4 Å². The Bertz CT molecular complexity index is 463. The van der Waals surface area contributed by atoms with E-state index in [0.717, 1.165) is 0 Å². The zero-order chi connectivity index (χ0) is 14.5. The van der Waals surface area contributed by atoms with Crippen molar-refractivity contribution in [1.29, 1.82) is 5.26 Å². The van der Waals surface area contributed by atoms with Crippen molar-refractivity contribution in [1.82, 2.24) is 10.3 Å². The minimum atomic E-state index is -0.707. The molecule has 0 fully saturated rings. The Balaban J connectivity index is 2.51. The maximum atomic E-state index is 9.74. The number of aromatic hydroxyl groups is 1. The van der Waals surface area contributed by atoms with Crippen molar-refractivity contribution in [2.75, 3.05) is 13.2 Å². The fourth-order valence-electron chi connectivity index (χ4n) is 1.29. The van der Waals surface area contributed by atoms with E-state index >= 15 is 0 Å². The molecule has 0 saturated carbocycles. The summed E-state index contributed by atoms with van der Waals surface area (Å²) < 4.78 is 5.28. The predicted molar refractivity (Wildman–Crippen MR) is 69.9 cm³/mol. The molecule has 0 saturated heterocycles. The second kappa shape index (κ2) is 6.36. The van der Waals surface area contributed by atoms with Crippen molar-refractivity contribution >= 4 is 0 Å². The van der Waals surface area contributed by atoms with Crippen LogP contribution in [0.4, 0.5) is 0 Å². The molecule has 1 rings (SSSR count). The number of pyridine rings is 1. The van der Waals surface area contributed by atoms with E-state index in [9.17, 15) is 10.2 Å². The van der Waals surface area contributed by atoms with Crippen LogP contribution in [0.15, 0.2) is 12.3 Å². The van der Waals surface area contributed by atoms with Crippen LogP contribution in [0.2, 0.25) is 0 Å². The van der Waals surface area contributed by atoms with Crippen LogP contribution in [-0.4, -0.2) is 40.0 Å². The summed E-state index contributed by atoms with van der Waals surface area (Å²) in [6.07, 6.45) is 0.483. The van der Waals surface area contributed by atoms with E-state index in [4.69, 9.17) is 10.00 Å². The smallest absolute Gasteiger partial charge is 0.231 e. The standard InChI is InChI=1S/C13H19N3O3/c1-13(2,3)16-7-11(18)8-19-12-9(5-14)4-10(17)6-15-12/h4,6,11,16-18H,7-8H2,1-3H3/t11-/m0/s1. The van der Waals surface area contributed by atoms with Gasteiger partial charge < -0.3 is 20.3 Å². The minimum absolute atomic E-state index is 0.0233. The van der Waals surface area contributed by atoms with Gasteiger partial charge in [0.05, 0.1) is 6.20 Å². The summed E-state index contributed by atoms with van der Waals surface area (Å²) in [6, 6.07) is 3.14. The van der Waals surface area contributed by atoms with Gasteiger partial charge in [0.25, 0.3) is 0 Å². The van der Waals surface area contributed by atoms with Crippen molar-refractivity contribution in [3.8, 4) is 17.7 Å². The van der Waals surface area contributed by atoms with E-state index in [1.807, 2.05) is 26.8 Å². The largest absolute Gasteiger partial charge is 0.506 e. The number of nitrogens with zero attached hydrogens (tertiary/aromatic N) is 2. The Labute approximate surface area is 112 Å². The lowest BCUT2D eigenvalue weighted by molar-refractivity contribution is 0.0975. The Morgan fingerprint density at radius 2 is 2.21 bits per heavy atom. The Kier molecular flexibility index (Phi) is 5.10. The monoisotopic (exact) mass is 265 g/mol. The van der Waals surface area contributed by atoms with Gasteiger partial charge in [0, 0.05) is 18.2 Å². The van der Waals surface area contributed by atoms with Crippen molar-refractivity contribution in [2.24, 2.45) is 0 Å². The molecule has 1 atom stereocenters. The normalized spacial score (nSPS) is 12.8. The van der Waals surface area contributed by atoms with Gasteiger partial charge in [-0.2, -0.15) is 5.26 Å². The Morgan fingerprint density at radius 1 is 1.53 bits per heavy atom. The average Bonchev–Trinajstić information content (AvgIpc) is 2.33. The highest BCUT2D eigenvalue weighted by molar-refractivity contribution is 5.41. The molecule has 0 unspecified atom stereocenters. The molecule has 0 aromatic carbocycles. The molecule has 0 aliphatic heterocycles. The first-order chi connectivity index (χ1) is 8.81. The summed E-state index contributed by atoms with van der Waals surface area (Å²) in [5, 5.41) is 30.9. The van der Waals surface area contributed by atoms with Crippen molar-refractivity contribution in [3.63, 3.8) is 0 Å². The zero-order valence-corrected chi connectivity index (χ0v) is 11.3. The molecule has 0 aliphatic rings. The number of rotatable bonds is 5. The van der Waals surface area contributed by atoms with Crippen LogP contribution in [0.5, 0.6) is 11.6 Å². The molecule has 0 aliphatic carbocycles. The first-order valence-electron chi connectivity index (χ1n) is 5.97. The van der Waals surface area contributed by atoms with Gasteiger partial charge in [-0.3, -0.25) is 0 Å². The minimum Gasteiger partial charge on any atom is -0.506 e. The molecule has 3 N–H and O–H groups in total. The molecule has 19 heavy (non-hydrogen) atoms. The van der Waals surface area contributed by atoms with Crippen molar-refractivity contribution < 1.29 is 14.9 Å². The number of aliphatic hydroxyl groups excluding tert-OH is 1. The number of aromatic nitrogens is 1. The molecular formula is C13H19N3O3. The molecular weight excluding hydrogens is 246 g/mol. The Hall–Kier alpha value is -1.84. The molecule has 6 nitrogen and oxygen atoms in total. The summed E-state index contributed by atoms with van der Waals surface area (Å²) in [7, 11) is 0. The highest BCUT2D eigenvalue weighted by atomic mass is 16.5. The van der Waals surface area contributed by atoms with Crippen LogP contribution in [0.25, 0.3) is 0 Å². The second-order valence-electron chi connectivity index (χ2n) is 5.25. The molecule has 1 aromatic heterocycles. The van der Waals surface area contributed by atoms with Crippen LogP contribution in [0.1, 0.15) is 26.3 Å². The summed E-state index contributed by atoms with van der Waals surface area (Å²) in [5.41, 5.74) is 0.0475. The third kappa shape index (κ3) is 5.55. The average molecular weight is 265 g/mol. The summed E-state index contributed by atoms with van der Waals surface area (Å²) in [4.78, 5) is 3.80. The SMILES string of the molecule is CC(C)(C)NC[C@H](O)COc1ncc(O)cc1C#N. The van der Waals surface area contributed by atoms with E-state index in [1.54, 1.807) is 0 Å². The first kappa shape index (κ1) is 15.2. The number of ether oxygens (including phenoxy) is 1. The fraction of sp³-hybridized carbons (Fsp3) is 0.538. The van der Waals surface area contributed by atoms with Crippen molar-refractivity contribution in [3.05, 3.63) is 17.8 Å². The van der Waals surface area contributed by atoms with Gasteiger partial charge in [-0.25, -0.2) is 4.98 Å². The Morgan fingerprint density at radius 3 is 2.79 bits per heavy atom. The summed E-state index contributed by atoms with van der Waals surface area (Å²) in [5.74, 6) is 0.00829. The van der Waals surface area contributed by atoms with Gasteiger partial charge in [0.15, 0.2) is 0 Å². The number of nitriles is 1. The van der Waals surface area contributed by atoms with Gasteiger partial charge in [0.1, 0.15) is 30.1 Å². The van der Waals surface area contributed by atoms with Gasteiger partial charge in [-0.15, -0.1) is 0 Å². The summed E-state index contributed by atoms with van der Waals surface area (Å²) in [6.45, 7) is 6.39. The first-order valence-corrected chi connectivity index (χ1v) is 5.97. The van der Waals surface area contributed by atoms with E-state index in [-0.39, 0.29) is 29.3 Å². The molecule has 0 spiro atoms. The maximum absolute atomic E-state index is 9.74. The van der Waals surface area contributed by atoms with Crippen LogP contribution < -0.4 is 10.1 Å². The fourth-order valence-corrected chi connectivity index (χ4v) is 1.29. The van der Waals surface area contributed by atoms with Gasteiger partial charge in [0.2, 0.25) is 5.88 Å². The lowest BCUT2D eigenvalue weighted by Crippen LogP contribution is -2.42. The van der Waals surface area contributed by atoms with E-state index in [1.165, 1.54) is 12.3 Å². The highest BCUT2D eigenvalue weighted by Crippen LogP contribution is 2.19. The van der Waals surface area contributed by atoms with E-state index < -0.39 is 6.10 Å². The van der Waals surface area contributed by atoms with Crippen LogP contribution in [0.3, 0.4) is 0 Å². The van der Waals surface area contributed by atoms with E-state index in [2.05, 4.69) is 10.3 Å². The number of nitrogens with one attached hydrogen (secondary N) is 1. The molecule has 0 radical (unpaired) electrons. The molecule has 0 bridgehead atoms. The summed E-state index contributed by atoms with van der Waals surface area (Å²) >= 11 is 0. The molecule has 1 aromatic rings. The number of β-amino-alcohol motifs (C(OH)–C–C–N with tert-alkyl or cyclic N) is 1. The molecule has 104 valence electrons. The van der Waals surface area contributed by atoms with Crippen LogP contribution >= 0.6 is 0 Å². The highest BCUT2D eigenvalue weighted by Gasteiger charge is 2.14. The van der Waals surface area contributed by atoms with E-state index in [0.29, 0.717) is 6.54 Å². The zero-order valence-electron chi connectivity index (χ0n) is 11.3. The third-order valence-corrected chi connectivity index (χ3v) is 2.24. The molecule has 0 amide bonds. The van der Waals surface area contributed by atoms with Gasteiger partial charge in [-0.1, -0.05) is 0 Å². The lowest BCUT2D eigenvalue weighted by atomic mass is 10.1. The second-order valence-corrected chi connectivity index (χ2v) is 5.25. The number of hydrogen-bond donors (Lipinski definition) is 3. The van der Waals surface area contributed by atoms with Gasteiger partial charge in [-0.05, 0) is 20.8 Å². The maximum Gasteiger partial charge on any atom is 0.231 e.